The summed E-state index contributed by atoms with van der Waals surface area (Å²) in [5.74, 6) is -0.00154. The summed E-state index contributed by atoms with van der Waals surface area (Å²) < 4.78 is 5.37. The van der Waals surface area contributed by atoms with Crippen LogP contribution in [0.5, 0.6) is 0 Å². The molecule has 0 radical (unpaired) electrons. The molecule has 1 aliphatic rings. The molecule has 25 heavy (non-hydrogen) atoms. The first-order valence-corrected chi connectivity index (χ1v) is 9.83. The predicted octanol–water partition coefficient (Wildman–Crippen LogP) is 1.71. The summed E-state index contributed by atoms with van der Waals surface area (Å²) in [6.45, 7) is 1.65. The number of ether oxygens (including phenoxy) is 1. The number of carbonyl (C=O) groups excluding carboxylic acids is 1. The molecule has 1 saturated heterocycles. The van der Waals surface area contributed by atoms with Crippen LogP contribution < -0.4 is 0 Å². The van der Waals surface area contributed by atoms with Gasteiger partial charge in [-0.25, -0.2) is 0 Å². The zero-order valence-electron chi connectivity index (χ0n) is 15.5. The van der Waals surface area contributed by atoms with E-state index in [9.17, 15) is 20.1 Å². The van der Waals surface area contributed by atoms with Gasteiger partial charge >= 0.3 is 0 Å². The molecule has 0 aromatic carbocycles. The first kappa shape index (κ1) is 22.5. The van der Waals surface area contributed by atoms with Gasteiger partial charge in [0, 0.05) is 12.8 Å². The Morgan fingerprint density at radius 3 is 2.08 bits per heavy atom. The topological polar surface area (TPSA) is 107 Å². The standard InChI is InChI=1S/C19H36O6/c1-2-3-4-5-6-7-8-9-10-11-14(21)12-16-17(23)18(24)19(25-16)15(22)13-20/h15-20,22-24H,2-13H2,1H3/t15-,16?,17+,18-,19-/m1/s1. The van der Waals surface area contributed by atoms with Crippen LogP contribution in [0.15, 0.2) is 0 Å². The molecule has 6 heteroatoms. The first-order valence-electron chi connectivity index (χ1n) is 9.83. The third-order valence-electron chi connectivity index (χ3n) is 4.95. The van der Waals surface area contributed by atoms with Gasteiger partial charge in [-0.2, -0.15) is 0 Å². The summed E-state index contributed by atoms with van der Waals surface area (Å²) >= 11 is 0. The Kier molecular flexibility index (Phi) is 11.5. The van der Waals surface area contributed by atoms with E-state index in [0.29, 0.717) is 6.42 Å². The third-order valence-corrected chi connectivity index (χ3v) is 4.95. The van der Waals surface area contributed by atoms with E-state index in [4.69, 9.17) is 9.84 Å². The Morgan fingerprint density at radius 2 is 1.52 bits per heavy atom. The highest BCUT2D eigenvalue weighted by Crippen LogP contribution is 2.26. The van der Waals surface area contributed by atoms with Crippen molar-refractivity contribution in [1.29, 1.82) is 0 Å². The van der Waals surface area contributed by atoms with Gasteiger partial charge in [0.05, 0.1) is 12.7 Å². The molecule has 0 aromatic rings. The van der Waals surface area contributed by atoms with E-state index in [1.54, 1.807) is 0 Å². The highest BCUT2D eigenvalue weighted by Gasteiger charge is 2.46. The zero-order chi connectivity index (χ0) is 18.7. The largest absolute Gasteiger partial charge is 0.394 e. The van der Waals surface area contributed by atoms with Gasteiger partial charge in [0.1, 0.15) is 30.2 Å². The second-order valence-electron chi connectivity index (χ2n) is 7.19. The normalized spacial score (nSPS) is 27.6. The Morgan fingerprint density at radius 1 is 0.960 bits per heavy atom. The summed E-state index contributed by atoms with van der Waals surface area (Å²) in [7, 11) is 0. The van der Waals surface area contributed by atoms with Crippen molar-refractivity contribution in [2.24, 2.45) is 0 Å². The molecule has 0 aliphatic carbocycles. The zero-order valence-corrected chi connectivity index (χ0v) is 15.5. The lowest BCUT2D eigenvalue weighted by molar-refractivity contribution is -0.125. The number of unbranched alkanes of at least 4 members (excludes halogenated alkanes) is 8. The first-order chi connectivity index (χ1) is 12.0. The van der Waals surface area contributed by atoms with Gasteiger partial charge in [-0.05, 0) is 6.42 Å². The monoisotopic (exact) mass is 360 g/mol. The maximum atomic E-state index is 12.0. The van der Waals surface area contributed by atoms with Crippen molar-refractivity contribution in [3.63, 3.8) is 0 Å². The number of Topliss-reactive ketones (excluding diaryl/α,β-unsaturated/α-hetero) is 1. The van der Waals surface area contributed by atoms with Crippen molar-refractivity contribution in [2.75, 3.05) is 6.61 Å². The van der Waals surface area contributed by atoms with Gasteiger partial charge in [-0.15, -0.1) is 0 Å². The van der Waals surface area contributed by atoms with Gasteiger partial charge in [0.15, 0.2) is 0 Å². The van der Waals surface area contributed by atoms with E-state index >= 15 is 0 Å². The summed E-state index contributed by atoms with van der Waals surface area (Å²) in [5.41, 5.74) is 0. The summed E-state index contributed by atoms with van der Waals surface area (Å²) in [5, 5.41) is 38.3. The van der Waals surface area contributed by atoms with Crippen LogP contribution in [0.1, 0.15) is 77.6 Å². The van der Waals surface area contributed by atoms with Crippen molar-refractivity contribution in [3.05, 3.63) is 0 Å². The Bertz CT molecular complexity index is 362. The minimum absolute atomic E-state index is 0.00154. The van der Waals surface area contributed by atoms with Crippen LogP contribution in [0.2, 0.25) is 0 Å². The molecular weight excluding hydrogens is 324 g/mol. The van der Waals surface area contributed by atoms with E-state index in [-0.39, 0.29) is 12.2 Å². The van der Waals surface area contributed by atoms with E-state index in [0.717, 1.165) is 19.3 Å². The molecule has 0 aromatic heterocycles. The highest BCUT2D eigenvalue weighted by molar-refractivity contribution is 5.79. The van der Waals surface area contributed by atoms with Crippen LogP contribution >= 0.6 is 0 Å². The average molecular weight is 360 g/mol. The van der Waals surface area contributed by atoms with Crippen LogP contribution in [0.25, 0.3) is 0 Å². The molecule has 6 nitrogen and oxygen atoms in total. The Hall–Kier alpha value is -0.530. The van der Waals surface area contributed by atoms with Crippen LogP contribution in [-0.2, 0) is 9.53 Å². The van der Waals surface area contributed by atoms with Gasteiger partial charge in [-0.1, -0.05) is 58.3 Å². The number of hydrogen-bond donors (Lipinski definition) is 4. The number of hydrogen-bond acceptors (Lipinski definition) is 6. The lowest BCUT2D eigenvalue weighted by atomic mass is 9.99. The van der Waals surface area contributed by atoms with Gasteiger partial charge in [0.25, 0.3) is 0 Å². The molecule has 0 bridgehead atoms. The fourth-order valence-electron chi connectivity index (χ4n) is 3.33. The fraction of sp³-hybridized carbons (Fsp3) is 0.947. The van der Waals surface area contributed by atoms with Crippen molar-refractivity contribution in [1.82, 2.24) is 0 Å². The molecule has 0 spiro atoms. The molecular formula is C19H36O6. The summed E-state index contributed by atoms with van der Waals surface area (Å²) in [6, 6.07) is 0. The highest BCUT2D eigenvalue weighted by atomic mass is 16.6. The van der Waals surface area contributed by atoms with Gasteiger partial charge < -0.3 is 25.2 Å². The van der Waals surface area contributed by atoms with Crippen LogP contribution in [0.3, 0.4) is 0 Å². The van der Waals surface area contributed by atoms with E-state index in [2.05, 4.69) is 6.92 Å². The van der Waals surface area contributed by atoms with E-state index in [1.165, 1.54) is 38.5 Å². The van der Waals surface area contributed by atoms with Crippen molar-refractivity contribution < 1.29 is 30.0 Å². The molecule has 148 valence electrons. The fourth-order valence-corrected chi connectivity index (χ4v) is 3.33. The average Bonchev–Trinajstić information content (AvgIpc) is 2.88. The number of aliphatic hydroxyl groups excluding tert-OH is 4. The Labute approximate surface area is 151 Å². The SMILES string of the molecule is CCCCCCCCCCCC(=O)CC1O[C@H]([C@H](O)CO)[C@H](O)[C@H]1O. The molecule has 0 amide bonds. The molecule has 0 saturated carbocycles. The molecule has 4 N–H and O–H groups in total. The number of rotatable bonds is 14. The maximum absolute atomic E-state index is 12.0. The Balaban J connectivity index is 2.12. The second-order valence-corrected chi connectivity index (χ2v) is 7.19. The minimum Gasteiger partial charge on any atom is -0.394 e. The molecule has 1 rings (SSSR count). The maximum Gasteiger partial charge on any atom is 0.135 e. The summed E-state index contributed by atoms with van der Waals surface area (Å²) in [6.07, 6.45) is 5.55. The van der Waals surface area contributed by atoms with Crippen LogP contribution in [0, 0.1) is 0 Å². The molecule has 1 heterocycles. The predicted molar refractivity (Wildman–Crippen MR) is 95.2 cm³/mol. The van der Waals surface area contributed by atoms with E-state index in [1.807, 2.05) is 0 Å². The number of carbonyl (C=O) groups is 1. The smallest absolute Gasteiger partial charge is 0.135 e. The number of ketones is 1. The molecule has 1 unspecified atom stereocenters. The lowest BCUT2D eigenvalue weighted by Crippen LogP contribution is -2.40. The molecule has 1 aliphatic heterocycles. The molecule has 5 atom stereocenters. The molecule has 1 fully saturated rings. The minimum atomic E-state index is -1.28. The van der Waals surface area contributed by atoms with Crippen molar-refractivity contribution >= 4 is 5.78 Å². The second kappa shape index (κ2) is 12.8. The lowest BCUT2D eigenvalue weighted by Gasteiger charge is -2.18. The van der Waals surface area contributed by atoms with Crippen molar-refractivity contribution in [2.45, 2.75) is 108 Å². The van der Waals surface area contributed by atoms with Gasteiger partial charge in [0.2, 0.25) is 0 Å². The van der Waals surface area contributed by atoms with E-state index < -0.39 is 37.1 Å². The third kappa shape index (κ3) is 8.13. The quantitative estimate of drug-likeness (QED) is 0.351. The van der Waals surface area contributed by atoms with Gasteiger partial charge in [-0.3, -0.25) is 4.79 Å². The number of aliphatic hydroxyl groups is 4. The van der Waals surface area contributed by atoms with Crippen LogP contribution in [-0.4, -0.2) is 63.3 Å². The summed E-state index contributed by atoms with van der Waals surface area (Å²) in [4.78, 5) is 12.0. The van der Waals surface area contributed by atoms with Crippen LogP contribution in [0.4, 0.5) is 0 Å². The van der Waals surface area contributed by atoms with Crippen molar-refractivity contribution in [3.8, 4) is 0 Å².